The normalized spacial score (nSPS) is 10.3. The van der Waals surface area contributed by atoms with E-state index in [1.807, 2.05) is 43.3 Å². The number of ether oxygens (including phenoxy) is 2. The molecule has 0 unspecified atom stereocenters. The maximum Gasteiger partial charge on any atom is 0.145 e. The van der Waals surface area contributed by atoms with Crippen LogP contribution in [0.1, 0.15) is 11.1 Å². The van der Waals surface area contributed by atoms with E-state index in [1.54, 1.807) is 7.11 Å². The standard InChI is InChI=1S/C15H16BrNO2/c1-10-4-3-5-13(17)15(10)19-9-11-6-7-14(18-2)12(16)8-11/h3-8H,9,17H2,1-2H3. The quantitative estimate of drug-likeness (QED) is 0.868. The molecule has 0 fully saturated rings. The molecule has 3 nitrogen and oxygen atoms in total. The van der Waals surface area contributed by atoms with Crippen LogP contribution in [-0.2, 0) is 6.61 Å². The lowest BCUT2D eigenvalue weighted by atomic mass is 10.2. The number of halogens is 1. The van der Waals surface area contributed by atoms with Crippen LogP contribution in [0.3, 0.4) is 0 Å². The van der Waals surface area contributed by atoms with Crippen LogP contribution in [0.25, 0.3) is 0 Å². The third-order valence-corrected chi connectivity index (χ3v) is 3.46. The van der Waals surface area contributed by atoms with Crippen molar-refractivity contribution >= 4 is 21.6 Å². The predicted molar refractivity (Wildman–Crippen MR) is 80.6 cm³/mol. The largest absolute Gasteiger partial charge is 0.496 e. The molecule has 0 aliphatic rings. The molecule has 19 heavy (non-hydrogen) atoms. The van der Waals surface area contributed by atoms with Gasteiger partial charge in [0, 0.05) is 0 Å². The Kier molecular flexibility index (Phi) is 4.32. The molecule has 2 aromatic rings. The number of nitrogens with two attached hydrogens (primary N) is 1. The van der Waals surface area contributed by atoms with Crippen molar-refractivity contribution in [3.8, 4) is 11.5 Å². The van der Waals surface area contributed by atoms with E-state index in [4.69, 9.17) is 15.2 Å². The second kappa shape index (κ2) is 5.97. The fraction of sp³-hybridized carbons (Fsp3) is 0.200. The van der Waals surface area contributed by atoms with Crippen LogP contribution in [-0.4, -0.2) is 7.11 Å². The number of methoxy groups -OCH3 is 1. The van der Waals surface area contributed by atoms with Crippen LogP contribution in [0, 0.1) is 6.92 Å². The number of aryl methyl sites for hydroxylation is 1. The molecule has 0 heterocycles. The molecule has 100 valence electrons. The Morgan fingerprint density at radius 3 is 2.63 bits per heavy atom. The van der Waals surface area contributed by atoms with Crippen molar-refractivity contribution in [2.75, 3.05) is 12.8 Å². The molecule has 2 N–H and O–H groups in total. The van der Waals surface area contributed by atoms with Gasteiger partial charge in [0.25, 0.3) is 0 Å². The van der Waals surface area contributed by atoms with Gasteiger partial charge in [0.1, 0.15) is 18.1 Å². The zero-order chi connectivity index (χ0) is 13.8. The van der Waals surface area contributed by atoms with Gasteiger partial charge in [-0.3, -0.25) is 0 Å². The van der Waals surface area contributed by atoms with Gasteiger partial charge < -0.3 is 15.2 Å². The smallest absolute Gasteiger partial charge is 0.145 e. The summed E-state index contributed by atoms with van der Waals surface area (Å²) in [6, 6.07) is 11.6. The van der Waals surface area contributed by atoms with Gasteiger partial charge in [0.15, 0.2) is 0 Å². The number of para-hydroxylation sites is 1. The molecule has 0 bridgehead atoms. The zero-order valence-electron chi connectivity index (χ0n) is 10.9. The lowest BCUT2D eigenvalue weighted by Gasteiger charge is -2.12. The summed E-state index contributed by atoms with van der Waals surface area (Å²) in [5.74, 6) is 1.55. The molecular weight excluding hydrogens is 306 g/mol. The summed E-state index contributed by atoms with van der Waals surface area (Å²) in [5.41, 5.74) is 8.65. The fourth-order valence-electron chi connectivity index (χ4n) is 1.83. The van der Waals surface area contributed by atoms with Gasteiger partial charge in [-0.1, -0.05) is 18.2 Å². The third-order valence-electron chi connectivity index (χ3n) is 2.84. The number of rotatable bonds is 4. The van der Waals surface area contributed by atoms with Crippen LogP contribution in [0.4, 0.5) is 5.69 Å². The Morgan fingerprint density at radius 2 is 2.00 bits per heavy atom. The number of hydrogen-bond acceptors (Lipinski definition) is 3. The molecule has 2 aromatic carbocycles. The van der Waals surface area contributed by atoms with E-state index >= 15 is 0 Å². The van der Waals surface area contributed by atoms with Crippen molar-refractivity contribution in [2.24, 2.45) is 0 Å². The van der Waals surface area contributed by atoms with Crippen LogP contribution in [0.15, 0.2) is 40.9 Å². The maximum absolute atomic E-state index is 5.91. The van der Waals surface area contributed by atoms with E-state index in [-0.39, 0.29) is 0 Å². The number of benzene rings is 2. The van der Waals surface area contributed by atoms with E-state index in [9.17, 15) is 0 Å². The molecule has 2 rings (SSSR count). The van der Waals surface area contributed by atoms with Crippen molar-refractivity contribution in [1.82, 2.24) is 0 Å². The lowest BCUT2D eigenvalue weighted by molar-refractivity contribution is 0.305. The molecule has 0 radical (unpaired) electrons. The molecule has 0 aliphatic carbocycles. The fourth-order valence-corrected chi connectivity index (χ4v) is 2.42. The van der Waals surface area contributed by atoms with Crippen molar-refractivity contribution in [1.29, 1.82) is 0 Å². The van der Waals surface area contributed by atoms with Crippen LogP contribution < -0.4 is 15.2 Å². The van der Waals surface area contributed by atoms with Crippen LogP contribution in [0.5, 0.6) is 11.5 Å². The van der Waals surface area contributed by atoms with Gasteiger partial charge in [-0.05, 0) is 52.2 Å². The lowest BCUT2D eigenvalue weighted by Crippen LogP contribution is -2.00. The van der Waals surface area contributed by atoms with Crippen molar-refractivity contribution < 1.29 is 9.47 Å². The van der Waals surface area contributed by atoms with Crippen LogP contribution in [0.2, 0.25) is 0 Å². The van der Waals surface area contributed by atoms with Gasteiger partial charge in [0.05, 0.1) is 17.3 Å². The molecule has 0 amide bonds. The van der Waals surface area contributed by atoms with E-state index in [2.05, 4.69) is 15.9 Å². The molecule has 0 atom stereocenters. The first-order valence-corrected chi connectivity index (χ1v) is 6.71. The first-order valence-electron chi connectivity index (χ1n) is 5.92. The molecule has 0 saturated carbocycles. The third kappa shape index (κ3) is 3.20. The minimum absolute atomic E-state index is 0.470. The SMILES string of the molecule is COc1ccc(COc2c(C)cccc2N)cc1Br. The maximum atomic E-state index is 5.91. The summed E-state index contributed by atoms with van der Waals surface area (Å²) < 4.78 is 11.9. The van der Waals surface area contributed by atoms with Gasteiger partial charge in [-0.15, -0.1) is 0 Å². The summed E-state index contributed by atoms with van der Waals surface area (Å²) in [6.45, 7) is 2.45. The molecule has 0 spiro atoms. The topological polar surface area (TPSA) is 44.5 Å². The number of hydrogen-bond donors (Lipinski definition) is 1. The van der Waals surface area contributed by atoms with Crippen LogP contribution >= 0.6 is 15.9 Å². The molecule has 0 aromatic heterocycles. The second-order valence-electron chi connectivity index (χ2n) is 4.25. The molecule has 4 heteroatoms. The highest BCUT2D eigenvalue weighted by Crippen LogP contribution is 2.28. The van der Waals surface area contributed by atoms with Gasteiger partial charge in [-0.25, -0.2) is 0 Å². The predicted octanol–water partition coefficient (Wildman–Crippen LogP) is 3.93. The monoisotopic (exact) mass is 321 g/mol. The first-order chi connectivity index (χ1) is 9.11. The Labute approximate surface area is 121 Å². The Hall–Kier alpha value is -1.68. The Morgan fingerprint density at radius 1 is 1.21 bits per heavy atom. The van der Waals surface area contributed by atoms with Crippen molar-refractivity contribution in [2.45, 2.75) is 13.5 Å². The van der Waals surface area contributed by atoms with Crippen molar-refractivity contribution in [3.63, 3.8) is 0 Å². The Bertz CT molecular complexity index is 564. The highest BCUT2D eigenvalue weighted by molar-refractivity contribution is 9.10. The minimum Gasteiger partial charge on any atom is -0.496 e. The van der Waals surface area contributed by atoms with Crippen molar-refractivity contribution in [3.05, 3.63) is 52.0 Å². The first kappa shape index (κ1) is 13.7. The summed E-state index contributed by atoms with van der Waals surface area (Å²) in [6.07, 6.45) is 0. The average Bonchev–Trinajstić information content (AvgIpc) is 2.38. The van der Waals surface area contributed by atoms with E-state index in [1.165, 1.54) is 0 Å². The van der Waals surface area contributed by atoms with E-state index in [0.29, 0.717) is 12.3 Å². The Balaban J connectivity index is 2.13. The number of anilines is 1. The van der Waals surface area contributed by atoms with Gasteiger partial charge in [0.2, 0.25) is 0 Å². The summed E-state index contributed by atoms with van der Waals surface area (Å²) >= 11 is 3.46. The van der Waals surface area contributed by atoms with Gasteiger partial charge in [-0.2, -0.15) is 0 Å². The van der Waals surface area contributed by atoms with E-state index in [0.717, 1.165) is 27.1 Å². The highest BCUT2D eigenvalue weighted by atomic mass is 79.9. The molecule has 0 aliphatic heterocycles. The van der Waals surface area contributed by atoms with Gasteiger partial charge >= 0.3 is 0 Å². The zero-order valence-corrected chi connectivity index (χ0v) is 12.5. The average molecular weight is 322 g/mol. The molecular formula is C15H16BrNO2. The molecule has 0 saturated heterocycles. The highest BCUT2D eigenvalue weighted by Gasteiger charge is 2.06. The second-order valence-corrected chi connectivity index (χ2v) is 5.11. The minimum atomic E-state index is 0.470. The summed E-state index contributed by atoms with van der Waals surface area (Å²) in [5, 5.41) is 0. The van der Waals surface area contributed by atoms with E-state index < -0.39 is 0 Å². The number of nitrogen functional groups attached to an aromatic ring is 1. The summed E-state index contributed by atoms with van der Waals surface area (Å²) in [7, 11) is 1.64. The summed E-state index contributed by atoms with van der Waals surface area (Å²) in [4.78, 5) is 0.